The molecular formula is C39H29NO. The van der Waals surface area contributed by atoms with E-state index in [9.17, 15) is 0 Å². The molecule has 0 bridgehead atoms. The number of hydrogen-bond donors (Lipinski definition) is 1. The van der Waals surface area contributed by atoms with Crippen molar-refractivity contribution in [3.63, 3.8) is 0 Å². The predicted molar refractivity (Wildman–Crippen MR) is 172 cm³/mol. The van der Waals surface area contributed by atoms with Gasteiger partial charge in [-0.1, -0.05) is 111 Å². The van der Waals surface area contributed by atoms with Crippen LogP contribution in [0.5, 0.6) is 0 Å². The van der Waals surface area contributed by atoms with Crippen molar-refractivity contribution in [1.29, 1.82) is 0 Å². The van der Waals surface area contributed by atoms with Gasteiger partial charge in [0, 0.05) is 22.1 Å². The van der Waals surface area contributed by atoms with E-state index in [-0.39, 0.29) is 5.41 Å². The minimum absolute atomic E-state index is 0.0836. The standard InChI is InChI=1S/C39H29NO/c1-39(2)31-22-20-27(25-11-5-3-6-12-25)23-30(31)37-32(39)15-9-16-33(37)40-34-17-10-18-35-38(34)29-21-19-28(24-36(29)41-35)26-13-7-4-8-14-26/h3-24,40H,1-2H3. The molecular weight excluding hydrogens is 498 g/mol. The first-order valence-corrected chi connectivity index (χ1v) is 14.2. The van der Waals surface area contributed by atoms with Crippen molar-refractivity contribution in [3.05, 3.63) is 145 Å². The van der Waals surface area contributed by atoms with Crippen LogP contribution in [-0.4, -0.2) is 0 Å². The number of furan rings is 1. The van der Waals surface area contributed by atoms with Gasteiger partial charge in [-0.15, -0.1) is 0 Å². The van der Waals surface area contributed by atoms with E-state index in [4.69, 9.17) is 4.42 Å². The first-order chi connectivity index (χ1) is 20.1. The molecule has 0 radical (unpaired) electrons. The summed E-state index contributed by atoms with van der Waals surface area (Å²) in [6.45, 7) is 4.66. The molecule has 6 aromatic carbocycles. The summed E-state index contributed by atoms with van der Waals surface area (Å²) in [6.07, 6.45) is 0. The van der Waals surface area contributed by atoms with E-state index in [1.165, 1.54) is 38.9 Å². The lowest BCUT2D eigenvalue weighted by Crippen LogP contribution is -2.14. The summed E-state index contributed by atoms with van der Waals surface area (Å²) in [5.74, 6) is 0. The van der Waals surface area contributed by atoms with Gasteiger partial charge in [0.2, 0.25) is 0 Å². The van der Waals surface area contributed by atoms with E-state index in [0.29, 0.717) is 0 Å². The summed E-state index contributed by atoms with van der Waals surface area (Å²) >= 11 is 0. The second kappa shape index (κ2) is 8.97. The Kier molecular flexibility index (Phi) is 5.20. The molecule has 0 saturated carbocycles. The van der Waals surface area contributed by atoms with Crippen molar-refractivity contribution in [2.45, 2.75) is 19.3 Å². The van der Waals surface area contributed by atoms with Crippen LogP contribution < -0.4 is 5.32 Å². The quantitative estimate of drug-likeness (QED) is 0.246. The summed E-state index contributed by atoms with van der Waals surface area (Å²) in [4.78, 5) is 0. The minimum atomic E-state index is -0.0836. The number of nitrogens with one attached hydrogen (secondary N) is 1. The average Bonchev–Trinajstić information content (AvgIpc) is 3.50. The van der Waals surface area contributed by atoms with Crippen LogP contribution in [0.1, 0.15) is 25.0 Å². The van der Waals surface area contributed by atoms with Gasteiger partial charge in [-0.25, -0.2) is 0 Å². The van der Waals surface area contributed by atoms with Crippen LogP contribution in [-0.2, 0) is 5.41 Å². The zero-order chi connectivity index (χ0) is 27.6. The highest BCUT2D eigenvalue weighted by molar-refractivity contribution is 6.13. The van der Waals surface area contributed by atoms with Gasteiger partial charge < -0.3 is 9.73 Å². The number of hydrogen-bond acceptors (Lipinski definition) is 2. The molecule has 0 fully saturated rings. The maximum Gasteiger partial charge on any atom is 0.137 e. The second-order valence-corrected chi connectivity index (χ2v) is 11.5. The van der Waals surface area contributed by atoms with Crippen molar-refractivity contribution in [2.24, 2.45) is 0 Å². The second-order valence-electron chi connectivity index (χ2n) is 11.5. The van der Waals surface area contributed by atoms with Crippen molar-refractivity contribution in [2.75, 3.05) is 5.32 Å². The molecule has 0 atom stereocenters. The van der Waals surface area contributed by atoms with Gasteiger partial charge in [0.25, 0.3) is 0 Å². The number of benzene rings is 6. The van der Waals surface area contributed by atoms with E-state index >= 15 is 0 Å². The van der Waals surface area contributed by atoms with E-state index in [0.717, 1.165) is 38.9 Å². The maximum absolute atomic E-state index is 6.40. The van der Waals surface area contributed by atoms with Gasteiger partial charge >= 0.3 is 0 Å². The maximum atomic E-state index is 6.40. The zero-order valence-corrected chi connectivity index (χ0v) is 23.1. The molecule has 1 aliphatic carbocycles. The molecule has 0 aliphatic heterocycles. The van der Waals surface area contributed by atoms with Gasteiger partial charge in [-0.2, -0.15) is 0 Å². The molecule has 2 nitrogen and oxygen atoms in total. The third-order valence-electron chi connectivity index (χ3n) is 8.68. The Morgan fingerprint density at radius 2 is 1.17 bits per heavy atom. The molecule has 0 amide bonds. The minimum Gasteiger partial charge on any atom is -0.456 e. The molecule has 7 aromatic rings. The van der Waals surface area contributed by atoms with Crippen LogP contribution in [0, 0.1) is 0 Å². The van der Waals surface area contributed by atoms with Gasteiger partial charge in [0.15, 0.2) is 0 Å². The molecule has 2 heteroatoms. The van der Waals surface area contributed by atoms with E-state index < -0.39 is 0 Å². The molecule has 1 heterocycles. The topological polar surface area (TPSA) is 25.2 Å². The van der Waals surface area contributed by atoms with Crippen molar-refractivity contribution < 1.29 is 4.42 Å². The Hall–Kier alpha value is -5.08. The molecule has 196 valence electrons. The highest BCUT2D eigenvalue weighted by Crippen LogP contribution is 2.53. The van der Waals surface area contributed by atoms with Crippen LogP contribution in [0.15, 0.2) is 138 Å². The molecule has 1 aliphatic rings. The fourth-order valence-corrected chi connectivity index (χ4v) is 6.60. The van der Waals surface area contributed by atoms with Crippen LogP contribution in [0.3, 0.4) is 0 Å². The molecule has 1 N–H and O–H groups in total. The smallest absolute Gasteiger partial charge is 0.137 e. The normalized spacial score (nSPS) is 13.3. The Balaban J connectivity index is 1.27. The molecule has 1 aromatic heterocycles. The molecule has 41 heavy (non-hydrogen) atoms. The van der Waals surface area contributed by atoms with E-state index in [1.54, 1.807) is 0 Å². The summed E-state index contributed by atoms with van der Waals surface area (Å²) in [7, 11) is 0. The summed E-state index contributed by atoms with van der Waals surface area (Å²) < 4.78 is 6.40. The van der Waals surface area contributed by atoms with Crippen molar-refractivity contribution in [3.8, 4) is 33.4 Å². The lowest BCUT2D eigenvalue weighted by molar-refractivity contribution is 0.660. The van der Waals surface area contributed by atoms with Crippen LogP contribution >= 0.6 is 0 Å². The highest BCUT2D eigenvalue weighted by atomic mass is 16.3. The van der Waals surface area contributed by atoms with E-state index in [2.05, 4.69) is 147 Å². The molecule has 0 saturated heterocycles. The number of fused-ring (bicyclic) bond motifs is 6. The Bertz CT molecular complexity index is 2080. The van der Waals surface area contributed by atoms with Crippen molar-refractivity contribution in [1.82, 2.24) is 0 Å². The zero-order valence-electron chi connectivity index (χ0n) is 23.1. The largest absolute Gasteiger partial charge is 0.456 e. The highest BCUT2D eigenvalue weighted by Gasteiger charge is 2.37. The number of rotatable bonds is 4. The summed E-state index contributed by atoms with van der Waals surface area (Å²) in [6, 6.07) is 47.5. The molecule has 8 rings (SSSR count). The van der Waals surface area contributed by atoms with Gasteiger partial charge in [-0.05, 0) is 75.3 Å². The SMILES string of the molecule is CC1(C)c2ccc(-c3ccccc3)cc2-c2c(Nc3cccc4oc5cc(-c6ccccc6)ccc5c34)cccc21. The van der Waals surface area contributed by atoms with Gasteiger partial charge in [-0.3, -0.25) is 0 Å². The van der Waals surface area contributed by atoms with Gasteiger partial charge in [0.05, 0.1) is 11.1 Å². The number of anilines is 2. The Morgan fingerprint density at radius 3 is 1.93 bits per heavy atom. The van der Waals surface area contributed by atoms with Crippen LogP contribution in [0.4, 0.5) is 11.4 Å². The Labute approximate surface area is 239 Å². The van der Waals surface area contributed by atoms with Gasteiger partial charge in [0.1, 0.15) is 11.2 Å². The molecule has 0 spiro atoms. The van der Waals surface area contributed by atoms with Crippen LogP contribution in [0.25, 0.3) is 55.3 Å². The lowest BCUT2D eigenvalue weighted by atomic mass is 9.82. The first kappa shape index (κ1) is 23.8. The monoisotopic (exact) mass is 527 g/mol. The summed E-state index contributed by atoms with van der Waals surface area (Å²) in [5.41, 5.74) is 14.0. The first-order valence-electron chi connectivity index (χ1n) is 14.2. The average molecular weight is 528 g/mol. The fraction of sp³-hybridized carbons (Fsp3) is 0.0769. The van der Waals surface area contributed by atoms with E-state index in [1.807, 2.05) is 6.07 Å². The predicted octanol–water partition coefficient (Wildman–Crippen LogP) is 11.0. The fourth-order valence-electron chi connectivity index (χ4n) is 6.60. The molecule has 0 unspecified atom stereocenters. The van der Waals surface area contributed by atoms with Crippen LogP contribution in [0.2, 0.25) is 0 Å². The summed E-state index contributed by atoms with van der Waals surface area (Å²) in [5, 5.41) is 6.07. The Morgan fingerprint density at radius 1 is 0.512 bits per heavy atom. The lowest BCUT2D eigenvalue weighted by Gasteiger charge is -2.22. The third kappa shape index (κ3) is 3.72. The third-order valence-corrected chi connectivity index (χ3v) is 8.68. The van der Waals surface area contributed by atoms with Crippen molar-refractivity contribution >= 4 is 33.3 Å².